The fourth-order valence-corrected chi connectivity index (χ4v) is 4.21. The zero-order valence-corrected chi connectivity index (χ0v) is 20.9. The summed E-state index contributed by atoms with van der Waals surface area (Å²) in [5.74, 6) is 0.526. The van der Waals surface area contributed by atoms with Gasteiger partial charge in [0.15, 0.2) is 0 Å². The molecule has 0 aliphatic carbocycles. The van der Waals surface area contributed by atoms with Crippen molar-refractivity contribution in [3.05, 3.63) is 70.2 Å². The SMILES string of the molecule is CCCCCCCCCCCCNC(=O)c1ccc(CCC(C)c2ccc(Cl)cc2)cc1. The number of halogens is 1. The highest BCUT2D eigenvalue weighted by atomic mass is 35.5. The normalized spacial score (nSPS) is 12.0. The Labute approximate surface area is 201 Å². The van der Waals surface area contributed by atoms with Crippen molar-refractivity contribution in [3.63, 3.8) is 0 Å². The van der Waals surface area contributed by atoms with Gasteiger partial charge in [-0.3, -0.25) is 4.79 Å². The van der Waals surface area contributed by atoms with Crippen LogP contribution in [0.2, 0.25) is 5.02 Å². The van der Waals surface area contributed by atoms with E-state index >= 15 is 0 Å². The van der Waals surface area contributed by atoms with E-state index in [0.29, 0.717) is 5.92 Å². The average molecular weight is 456 g/mol. The van der Waals surface area contributed by atoms with Gasteiger partial charge in [0.1, 0.15) is 0 Å². The lowest BCUT2D eigenvalue weighted by atomic mass is 9.94. The van der Waals surface area contributed by atoms with Gasteiger partial charge in [0.05, 0.1) is 0 Å². The third kappa shape index (κ3) is 10.7. The molecule has 0 bridgehead atoms. The maximum atomic E-state index is 12.4. The zero-order chi connectivity index (χ0) is 23.0. The number of benzene rings is 2. The molecule has 0 radical (unpaired) electrons. The maximum absolute atomic E-state index is 12.4. The van der Waals surface area contributed by atoms with Gasteiger partial charge in [0, 0.05) is 17.1 Å². The van der Waals surface area contributed by atoms with Crippen LogP contribution in [0.5, 0.6) is 0 Å². The van der Waals surface area contributed by atoms with Crippen molar-refractivity contribution in [2.75, 3.05) is 6.54 Å². The van der Waals surface area contributed by atoms with E-state index in [9.17, 15) is 4.79 Å². The van der Waals surface area contributed by atoms with Crippen LogP contribution >= 0.6 is 11.6 Å². The molecule has 0 aromatic heterocycles. The number of hydrogen-bond donors (Lipinski definition) is 1. The van der Waals surface area contributed by atoms with Crippen LogP contribution in [0.4, 0.5) is 0 Å². The highest BCUT2D eigenvalue weighted by Crippen LogP contribution is 2.23. The number of amides is 1. The van der Waals surface area contributed by atoms with Crippen molar-refractivity contribution < 1.29 is 4.79 Å². The van der Waals surface area contributed by atoms with Gasteiger partial charge in [-0.2, -0.15) is 0 Å². The van der Waals surface area contributed by atoms with E-state index in [2.05, 4.69) is 43.4 Å². The third-order valence-electron chi connectivity index (χ3n) is 6.34. The fourth-order valence-electron chi connectivity index (χ4n) is 4.08. The Bertz CT molecular complexity index is 754. The number of rotatable bonds is 16. The standard InChI is InChI=1S/C29H42ClNO/c1-3-4-5-6-7-8-9-10-11-12-23-31-29(32)27-17-15-25(16-18-27)14-13-24(2)26-19-21-28(30)22-20-26/h15-22,24H,3-14,23H2,1-2H3,(H,31,32). The summed E-state index contributed by atoms with van der Waals surface area (Å²) in [6.07, 6.45) is 15.2. The summed E-state index contributed by atoms with van der Waals surface area (Å²) in [6.45, 7) is 5.29. The molecule has 1 amide bonds. The summed E-state index contributed by atoms with van der Waals surface area (Å²) in [5, 5.41) is 3.85. The van der Waals surface area contributed by atoms with Gasteiger partial charge in [-0.05, 0) is 60.6 Å². The van der Waals surface area contributed by atoms with Gasteiger partial charge >= 0.3 is 0 Å². The number of hydrogen-bond acceptors (Lipinski definition) is 1. The molecule has 176 valence electrons. The molecule has 2 aromatic rings. The van der Waals surface area contributed by atoms with Gasteiger partial charge in [-0.15, -0.1) is 0 Å². The summed E-state index contributed by atoms with van der Waals surface area (Å²) in [4.78, 5) is 12.4. The van der Waals surface area contributed by atoms with E-state index in [4.69, 9.17) is 11.6 Å². The van der Waals surface area contributed by atoms with E-state index < -0.39 is 0 Å². The molecule has 0 fully saturated rings. The molecular weight excluding hydrogens is 414 g/mol. The summed E-state index contributed by atoms with van der Waals surface area (Å²) in [7, 11) is 0. The van der Waals surface area contributed by atoms with E-state index in [1.165, 1.54) is 68.9 Å². The van der Waals surface area contributed by atoms with Crippen LogP contribution < -0.4 is 5.32 Å². The van der Waals surface area contributed by atoms with Gasteiger partial charge < -0.3 is 5.32 Å². The van der Waals surface area contributed by atoms with Gasteiger partial charge in [0.25, 0.3) is 5.91 Å². The lowest BCUT2D eigenvalue weighted by Crippen LogP contribution is -2.24. The monoisotopic (exact) mass is 455 g/mol. The highest BCUT2D eigenvalue weighted by molar-refractivity contribution is 6.30. The molecule has 3 heteroatoms. The molecule has 0 aliphatic rings. The molecule has 1 N–H and O–H groups in total. The first kappa shape index (κ1) is 26.5. The minimum absolute atomic E-state index is 0.0435. The Balaban J connectivity index is 1.57. The summed E-state index contributed by atoms with van der Waals surface area (Å²) < 4.78 is 0. The third-order valence-corrected chi connectivity index (χ3v) is 6.59. The maximum Gasteiger partial charge on any atom is 0.251 e. The summed E-state index contributed by atoms with van der Waals surface area (Å²) in [6, 6.07) is 16.2. The van der Waals surface area contributed by atoms with Crippen LogP contribution in [0, 0.1) is 0 Å². The number of unbranched alkanes of at least 4 members (excludes halogenated alkanes) is 9. The molecule has 0 aliphatic heterocycles. The molecule has 0 spiro atoms. The quantitative estimate of drug-likeness (QED) is 0.252. The molecule has 2 nitrogen and oxygen atoms in total. The Morgan fingerprint density at radius 2 is 1.38 bits per heavy atom. The lowest BCUT2D eigenvalue weighted by molar-refractivity contribution is 0.0953. The largest absolute Gasteiger partial charge is 0.352 e. The Hall–Kier alpha value is -1.80. The fraction of sp³-hybridized carbons (Fsp3) is 0.552. The topological polar surface area (TPSA) is 29.1 Å². The smallest absolute Gasteiger partial charge is 0.251 e. The molecule has 32 heavy (non-hydrogen) atoms. The Morgan fingerprint density at radius 3 is 1.97 bits per heavy atom. The first-order chi connectivity index (χ1) is 15.6. The van der Waals surface area contributed by atoms with E-state index in [1.54, 1.807) is 0 Å². The van der Waals surface area contributed by atoms with Gasteiger partial charge in [-0.1, -0.05) is 108 Å². The van der Waals surface area contributed by atoms with E-state index in [1.807, 2.05) is 24.3 Å². The second-order valence-electron chi connectivity index (χ2n) is 9.13. The first-order valence-corrected chi connectivity index (χ1v) is 13.1. The van der Waals surface area contributed by atoms with Crippen molar-refractivity contribution in [3.8, 4) is 0 Å². The Kier molecular flexibility index (Phi) is 13.2. The lowest BCUT2D eigenvalue weighted by Gasteiger charge is -2.12. The van der Waals surface area contributed by atoms with E-state index in [-0.39, 0.29) is 5.91 Å². The predicted octanol–water partition coefficient (Wildman–Crippen LogP) is 8.73. The van der Waals surface area contributed by atoms with Crippen LogP contribution in [0.1, 0.15) is 112 Å². The molecular formula is C29H42ClNO. The average Bonchev–Trinajstić information content (AvgIpc) is 2.81. The molecule has 1 atom stereocenters. The van der Waals surface area contributed by atoms with Crippen LogP contribution in [-0.4, -0.2) is 12.5 Å². The van der Waals surface area contributed by atoms with Crippen LogP contribution in [0.25, 0.3) is 0 Å². The van der Waals surface area contributed by atoms with Crippen molar-refractivity contribution in [2.45, 2.75) is 96.8 Å². The van der Waals surface area contributed by atoms with E-state index in [0.717, 1.165) is 36.4 Å². The molecule has 0 heterocycles. The van der Waals surface area contributed by atoms with Crippen molar-refractivity contribution in [1.82, 2.24) is 5.32 Å². The van der Waals surface area contributed by atoms with Crippen molar-refractivity contribution in [1.29, 1.82) is 0 Å². The van der Waals surface area contributed by atoms with Gasteiger partial charge in [-0.25, -0.2) is 0 Å². The second kappa shape index (κ2) is 15.9. The minimum Gasteiger partial charge on any atom is -0.352 e. The predicted molar refractivity (Wildman–Crippen MR) is 139 cm³/mol. The summed E-state index contributed by atoms with van der Waals surface area (Å²) >= 11 is 5.98. The highest BCUT2D eigenvalue weighted by Gasteiger charge is 2.08. The minimum atomic E-state index is 0.0435. The Morgan fingerprint density at radius 1 is 0.812 bits per heavy atom. The second-order valence-corrected chi connectivity index (χ2v) is 9.56. The molecule has 0 saturated heterocycles. The van der Waals surface area contributed by atoms with Crippen molar-refractivity contribution in [2.24, 2.45) is 0 Å². The molecule has 2 aromatic carbocycles. The molecule has 2 rings (SSSR count). The van der Waals surface area contributed by atoms with Gasteiger partial charge in [0.2, 0.25) is 0 Å². The zero-order valence-electron chi connectivity index (χ0n) is 20.2. The number of carbonyl (C=O) groups is 1. The number of carbonyl (C=O) groups excluding carboxylic acids is 1. The van der Waals surface area contributed by atoms with Crippen molar-refractivity contribution >= 4 is 17.5 Å². The molecule has 0 saturated carbocycles. The molecule has 1 unspecified atom stereocenters. The van der Waals surface area contributed by atoms with Crippen LogP contribution in [0.3, 0.4) is 0 Å². The first-order valence-electron chi connectivity index (χ1n) is 12.7. The van der Waals surface area contributed by atoms with Crippen LogP contribution in [0.15, 0.2) is 48.5 Å². The summed E-state index contributed by atoms with van der Waals surface area (Å²) in [5.41, 5.74) is 3.35. The van der Waals surface area contributed by atoms with Crippen LogP contribution in [-0.2, 0) is 6.42 Å². The number of nitrogens with one attached hydrogen (secondary N) is 1. The number of aryl methyl sites for hydroxylation is 1.